The summed E-state index contributed by atoms with van der Waals surface area (Å²) in [6.07, 6.45) is -0.161. The molecule has 2 N–H and O–H groups in total. The molecule has 4 heterocycles. The smallest absolute Gasteiger partial charge is 0.444 e. The second kappa shape index (κ2) is 9.35. The summed E-state index contributed by atoms with van der Waals surface area (Å²) in [6, 6.07) is 2.88. The minimum absolute atomic E-state index is 0.0530. The Balaban J connectivity index is 1.50. The van der Waals surface area contributed by atoms with Crippen molar-refractivity contribution in [1.29, 1.82) is 0 Å². The molecule has 2 aliphatic heterocycles. The van der Waals surface area contributed by atoms with E-state index in [0.717, 1.165) is 24.8 Å². The van der Waals surface area contributed by atoms with Crippen LogP contribution in [0.5, 0.6) is 5.75 Å². The van der Waals surface area contributed by atoms with E-state index in [-0.39, 0.29) is 29.4 Å². The number of hydrogen-bond donors (Lipinski definition) is 1. The number of benzene rings is 1. The Hall–Kier alpha value is -3.06. The fourth-order valence-corrected chi connectivity index (χ4v) is 6.63. The first-order chi connectivity index (χ1) is 17.4. The van der Waals surface area contributed by atoms with Crippen LogP contribution in [-0.2, 0) is 9.53 Å². The number of halogens is 2. The van der Waals surface area contributed by atoms with Crippen LogP contribution < -0.4 is 15.4 Å². The normalized spacial score (nSPS) is 20.2. The summed E-state index contributed by atoms with van der Waals surface area (Å²) in [7, 11) is 0. The molecule has 2 atom stereocenters. The number of nitrogens with zero attached hydrogens (tertiary/aromatic N) is 4. The molecular formula is C24H27F2N5O4S2. The van der Waals surface area contributed by atoms with Crippen LogP contribution in [0, 0.1) is 0 Å². The van der Waals surface area contributed by atoms with E-state index in [9.17, 15) is 18.4 Å². The van der Waals surface area contributed by atoms with Gasteiger partial charge in [0.15, 0.2) is 10.9 Å². The maximum atomic E-state index is 14.1. The third kappa shape index (κ3) is 5.06. The lowest BCUT2D eigenvalue weighted by atomic mass is 9.92. The molecule has 2 unspecified atom stereocenters. The van der Waals surface area contributed by atoms with Gasteiger partial charge in [0.1, 0.15) is 16.1 Å². The number of carbonyl (C=O) groups excluding carboxylic acids is 2. The van der Waals surface area contributed by atoms with E-state index >= 15 is 0 Å². The Morgan fingerprint density at radius 1 is 1.16 bits per heavy atom. The van der Waals surface area contributed by atoms with Gasteiger partial charge in [0.25, 0.3) is 0 Å². The van der Waals surface area contributed by atoms with E-state index in [2.05, 4.69) is 14.9 Å². The van der Waals surface area contributed by atoms with Gasteiger partial charge in [-0.05, 0) is 52.2 Å². The number of fused-ring (bicyclic) bond motifs is 3. The highest BCUT2D eigenvalue weighted by Gasteiger charge is 2.43. The Morgan fingerprint density at radius 3 is 2.46 bits per heavy atom. The highest BCUT2D eigenvalue weighted by molar-refractivity contribution is 7.23. The van der Waals surface area contributed by atoms with Gasteiger partial charge < -0.3 is 20.1 Å². The van der Waals surface area contributed by atoms with Crippen molar-refractivity contribution in [2.24, 2.45) is 5.73 Å². The largest absolute Gasteiger partial charge is 0.482 e. The zero-order valence-electron chi connectivity index (χ0n) is 20.6. The van der Waals surface area contributed by atoms with Crippen molar-refractivity contribution < 1.29 is 27.8 Å². The van der Waals surface area contributed by atoms with Crippen LogP contribution in [-0.4, -0.2) is 63.8 Å². The summed E-state index contributed by atoms with van der Waals surface area (Å²) in [5.41, 5.74) is 5.17. The highest BCUT2D eigenvalue weighted by Crippen LogP contribution is 2.43. The minimum atomic E-state index is -4.19. The van der Waals surface area contributed by atoms with Crippen molar-refractivity contribution >= 4 is 50.0 Å². The number of alkyl halides is 2. The van der Waals surface area contributed by atoms with Crippen molar-refractivity contribution in [2.45, 2.75) is 63.8 Å². The fraction of sp³-hybridized carbons (Fsp3) is 0.500. The summed E-state index contributed by atoms with van der Waals surface area (Å²) in [4.78, 5) is 37.2. The zero-order valence-corrected chi connectivity index (χ0v) is 22.2. The van der Waals surface area contributed by atoms with Crippen molar-refractivity contribution in [1.82, 2.24) is 14.9 Å². The number of thiazole rings is 2. The summed E-state index contributed by atoms with van der Waals surface area (Å²) in [6.45, 7) is 6.62. The number of hydrogen-bond acceptors (Lipinski definition) is 9. The summed E-state index contributed by atoms with van der Waals surface area (Å²) in [5.74, 6) is -2.12. The van der Waals surface area contributed by atoms with Gasteiger partial charge in [-0.1, -0.05) is 11.3 Å². The SMILES string of the molecule is CC(C)(C)OC(=O)N1C2CCCC1CN(c1nc3c(OC(F)(F)C(N)=O)ccc(-c4nccs4)c3s1)C2. The zero-order chi connectivity index (χ0) is 26.5. The molecule has 5 rings (SSSR count). The van der Waals surface area contributed by atoms with E-state index in [1.807, 2.05) is 31.1 Å². The van der Waals surface area contributed by atoms with Gasteiger partial charge in [0.2, 0.25) is 0 Å². The van der Waals surface area contributed by atoms with E-state index in [0.29, 0.717) is 27.9 Å². The van der Waals surface area contributed by atoms with Crippen LogP contribution in [0.4, 0.5) is 18.7 Å². The molecular weight excluding hydrogens is 524 g/mol. The number of aromatic nitrogens is 2. The maximum Gasteiger partial charge on any atom is 0.482 e. The van der Waals surface area contributed by atoms with Gasteiger partial charge in [-0.3, -0.25) is 9.69 Å². The molecule has 2 fully saturated rings. The number of rotatable bonds is 5. The van der Waals surface area contributed by atoms with Crippen LogP contribution in [0.25, 0.3) is 20.8 Å². The number of amides is 2. The maximum absolute atomic E-state index is 14.1. The number of carbonyl (C=O) groups is 2. The number of piperazine rings is 1. The molecule has 2 aliphatic rings. The van der Waals surface area contributed by atoms with E-state index in [4.69, 9.17) is 15.2 Å². The topological polar surface area (TPSA) is 111 Å². The molecule has 2 bridgehead atoms. The molecule has 9 nitrogen and oxygen atoms in total. The molecule has 3 aromatic rings. The standard InChI is InChI=1S/C24H27F2N5O4S2/c1-23(2,3)35-22(33)31-13-5-4-6-14(31)12-30(11-13)21-29-17-16(34-24(25,26)20(27)32)8-7-15(18(17)37-21)19-28-9-10-36-19/h7-10,13-14H,4-6,11-12H2,1-3H3,(H2,27,32). The first-order valence-corrected chi connectivity index (χ1v) is 13.6. The number of ether oxygens (including phenoxy) is 2. The fourth-order valence-electron chi connectivity index (χ4n) is 4.78. The van der Waals surface area contributed by atoms with Crippen molar-refractivity contribution in [3.8, 4) is 16.3 Å². The van der Waals surface area contributed by atoms with Gasteiger partial charge in [-0.2, -0.15) is 8.78 Å². The average Bonchev–Trinajstić information content (AvgIpc) is 3.48. The lowest BCUT2D eigenvalue weighted by Crippen LogP contribution is -2.63. The second-order valence-corrected chi connectivity index (χ2v) is 12.0. The quantitative estimate of drug-likeness (QED) is 0.482. The molecule has 0 aliphatic carbocycles. The molecule has 2 saturated heterocycles. The van der Waals surface area contributed by atoms with E-state index in [1.54, 1.807) is 12.3 Å². The van der Waals surface area contributed by atoms with Crippen LogP contribution in [0.15, 0.2) is 23.7 Å². The van der Waals surface area contributed by atoms with E-state index in [1.165, 1.54) is 28.7 Å². The van der Waals surface area contributed by atoms with Crippen molar-refractivity contribution in [2.75, 3.05) is 18.0 Å². The molecule has 0 spiro atoms. The average molecular weight is 552 g/mol. The Labute approximate surface area is 220 Å². The highest BCUT2D eigenvalue weighted by atomic mass is 32.1. The van der Waals surface area contributed by atoms with Crippen LogP contribution in [0.1, 0.15) is 40.0 Å². The molecule has 13 heteroatoms. The lowest BCUT2D eigenvalue weighted by Gasteiger charge is -2.49. The first-order valence-electron chi connectivity index (χ1n) is 11.9. The minimum Gasteiger partial charge on any atom is -0.444 e. The van der Waals surface area contributed by atoms with Crippen LogP contribution in [0.2, 0.25) is 0 Å². The van der Waals surface area contributed by atoms with E-state index < -0.39 is 17.6 Å². The predicted octanol–water partition coefficient (Wildman–Crippen LogP) is 4.85. The van der Waals surface area contributed by atoms with Crippen LogP contribution >= 0.6 is 22.7 Å². The number of anilines is 1. The molecule has 0 radical (unpaired) electrons. The number of nitrogens with two attached hydrogens (primary N) is 1. The second-order valence-electron chi connectivity index (χ2n) is 10.1. The monoisotopic (exact) mass is 551 g/mol. The Bertz CT molecular complexity index is 1310. The number of primary amides is 1. The molecule has 2 aromatic heterocycles. The summed E-state index contributed by atoms with van der Waals surface area (Å²) in [5, 5.41) is 3.15. The van der Waals surface area contributed by atoms with Gasteiger partial charge in [0.05, 0.1) is 16.8 Å². The molecule has 37 heavy (non-hydrogen) atoms. The molecule has 0 saturated carbocycles. The van der Waals surface area contributed by atoms with Gasteiger partial charge in [0, 0.05) is 30.2 Å². The lowest BCUT2D eigenvalue weighted by molar-refractivity contribution is -0.189. The Kier molecular flexibility index (Phi) is 6.47. The third-order valence-corrected chi connectivity index (χ3v) is 8.24. The summed E-state index contributed by atoms with van der Waals surface area (Å²) < 4.78 is 39.2. The van der Waals surface area contributed by atoms with Gasteiger partial charge in [-0.15, -0.1) is 11.3 Å². The predicted molar refractivity (Wildman–Crippen MR) is 137 cm³/mol. The van der Waals surface area contributed by atoms with Crippen molar-refractivity contribution in [3.05, 3.63) is 23.7 Å². The first kappa shape index (κ1) is 25.6. The molecule has 198 valence electrons. The molecule has 1 aromatic carbocycles. The Morgan fingerprint density at radius 2 is 1.86 bits per heavy atom. The molecule has 2 amide bonds. The third-order valence-electron chi connectivity index (χ3n) is 6.28. The summed E-state index contributed by atoms with van der Waals surface area (Å²) >= 11 is 2.76. The van der Waals surface area contributed by atoms with Crippen LogP contribution in [0.3, 0.4) is 0 Å². The van der Waals surface area contributed by atoms with Gasteiger partial charge in [-0.25, -0.2) is 14.8 Å². The number of piperidine rings is 1. The van der Waals surface area contributed by atoms with Crippen molar-refractivity contribution in [3.63, 3.8) is 0 Å². The van der Waals surface area contributed by atoms with Gasteiger partial charge >= 0.3 is 18.1 Å².